The summed E-state index contributed by atoms with van der Waals surface area (Å²) >= 11 is 0. The average Bonchev–Trinajstić information content (AvgIpc) is 2.96. The minimum atomic E-state index is -0.383. The highest BCUT2D eigenvalue weighted by atomic mass is 16.5. The predicted molar refractivity (Wildman–Crippen MR) is 161 cm³/mol. The molecule has 0 spiro atoms. The fraction of sp³-hybridized carbons (Fsp3) is 0.400. The van der Waals surface area contributed by atoms with Crippen molar-refractivity contribution in [2.24, 2.45) is 0 Å². The van der Waals surface area contributed by atoms with Gasteiger partial charge >= 0.3 is 5.97 Å². The molecule has 0 amide bonds. The molecule has 0 saturated carbocycles. The Hall–Kier alpha value is -3.53. The zero-order valence-corrected chi connectivity index (χ0v) is 23.7. The fourth-order valence-electron chi connectivity index (χ4n) is 4.38. The molecule has 0 aliphatic heterocycles. The van der Waals surface area contributed by atoms with Gasteiger partial charge in [-0.3, -0.25) is 0 Å². The van der Waals surface area contributed by atoms with Crippen LogP contribution in [0.2, 0.25) is 0 Å². The van der Waals surface area contributed by atoms with Crippen LogP contribution in [0, 0.1) is 0 Å². The van der Waals surface area contributed by atoms with E-state index in [2.05, 4.69) is 32.6 Å². The summed E-state index contributed by atoms with van der Waals surface area (Å²) in [6.07, 6.45) is 13.9. The number of carbonyl (C=O) groups is 1. The molecular weight excluding hydrogens is 484 g/mol. The molecule has 3 rings (SSSR count). The normalized spacial score (nSPS) is 11.5. The quantitative estimate of drug-likeness (QED) is 0.0713. The SMILES string of the molecule is C=CCCCCCCOc1ccc(OC(=O)c2ccc(-c3ccc(OC(C)CCCCCC)cc3)cc2)cc1. The summed E-state index contributed by atoms with van der Waals surface area (Å²) in [6, 6.07) is 22.8. The van der Waals surface area contributed by atoms with Crippen LogP contribution in [0.3, 0.4) is 0 Å². The number of esters is 1. The first-order valence-corrected chi connectivity index (χ1v) is 14.5. The van der Waals surface area contributed by atoms with Gasteiger partial charge in [0.1, 0.15) is 17.2 Å². The van der Waals surface area contributed by atoms with E-state index in [1.165, 1.54) is 38.5 Å². The summed E-state index contributed by atoms with van der Waals surface area (Å²) in [6.45, 7) is 8.80. The van der Waals surface area contributed by atoms with Crippen molar-refractivity contribution in [1.82, 2.24) is 0 Å². The third-order valence-corrected chi connectivity index (χ3v) is 6.72. The largest absolute Gasteiger partial charge is 0.494 e. The molecule has 3 aromatic rings. The van der Waals surface area contributed by atoms with Crippen LogP contribution < -0.4 is 14.2 Å². The van der Waals surface area contributed by atoms with Gasteiger partial charge in [-0.25, -0.2) is 4.79 Å². The van der Waals surface area contributed by atoms with E-state index in [-0.39, 0.29) is 12.1 Å². The van der Waals surface area contributed by atoms with Crippen molar-refractivity contribution in [2.45, 2.75) is 84.2 Å². The van der Waals surface area contributed by atoms with Crippen LogP contribution in [0.5, 0.6) is 17.2 Å². The third-order valence-electron chi connectivity index (χ3n) is 6.72. The summed E-state index contributed by atoms with van der Waals surface area (Å²) in [4.78, 5) is 12.6. The summed E-state index contributed by atoms with van der Waals surface area (Å²) in [5.41, 5.74) is 2.62. The average molecular weight is 529 g/mol. The summed E-state index contributed by atoms with van der Waals surface area (Å²) in [5, 5.41) is 0. The van der Waals surface area contributed by atoms with Gasteiger partial charge in [-0.1, -0.05) is 69.4 Å². The molecule has 0 bridgehead atoms. The highest BCUT2D eigenvalue weighted by Gasteiger charge is 2.10. The maximum atomic E-state index is 12.6. The van der Waals surface area contributed by atoms with Crippen LogP contribution in [0.1, 0.15) is 88.4 Å². The zero-order valence-electron chi connectivity index (χ0n) is 23.7. The Morgan fingerprint density at radius 3 is 2.00 bits per heavy atom. The van der Waals surface area contributed by atoms with E-state index in [0.717, 1.165) is 48.3 Å². The monoisotopic (exact) mass is 528 g/mol. The first-order chi connectivity index (χ1) is 19.1. The van der Waals surface area contributed by atoms with Crippen LogP contribution in [0.4, 0.5) is 0 Å². The summed E-state index contributed by atoms with van der Waals surface area (Å²) < 4.78 is 17.4. The van der Waals surface area contributed by atoms with Gasteiger partial charge < -0.3 is 14.2 Å². The summed E-state index contributed by atoms with van der Waals surface area (Å²) in [7, 11) is 0. The molecule has 0 fully saturated rings. The molecule has 208 valence electrons. The smallest absolute Gasteiger partial charge is 0.343 e. The number of unbranched alkanes of at least 4 members (excludes halogenated alkanes) is 7. The Bertz CT molecular complexity index is 1100. The Labute approximate surface area is 235 Å². The van der Waals surface area contributed by atoms with Gasteiger partial charge in [0, 0.05) is 0 Å². The van der Waals surface area contributed by atoms with Crippen molar-refractivity contribution in [1.29, 1.82) is 0 Å². The second-order valence-corrected chi connectivity index (χ2v) is 10.1. The van der Waals surface area contributed by atoms with E-state index in [0.29, 0.717) is 17.9 Å². The van der Waals surface area contributed by atoms with Gasteiger partial charge in [-0.15, -0.1) is 6.58 Å². The Morgan fingerprint density at radius 2 is 1.33 bits per heavy atom. The van der Waals surface area contributed by atoms with Crippen molar-refractivity contribution in [2.75, 3.05) is 6.61 Å². The van der Waals surface area contributed by atoms with Crippen molar-refractivity contribution >= 4 is 5.97 Å². The second-order valence-electron chi connectivity index (χ2n) is 10.1. The van der Waals surface area contributed by atoms with Gasteiger partial charge in [0.05, 0.1) is 18.3 Å². The lowest BCUT2D eigenvalue weighted by atomic mass is 10.0. The maximum Gasteiger partial charge on any atom is 0.343 e. The van der Waals surface area contributed by atoms with E-state index < -0.39 is 0 Å². The number of rotatable bonds is 18. The molecule has 0 N–H and O–H groups in total. The van der Waals surface area contributed by atoms with Gasteiger partial charge in [-0.2, -0.15) is 0 Å². The molecule has 0 aliphatic carbocycles. The highest BCUT2D eigenvalue weighted by Crippen LogP contribution is 2.25. The fourth-order valence-corrected chi connectivity index (χ4v) is 4.38. The van der Waals surface area contributed by atoms with E-state index in [4.69, 9.17) is 14.2 Å². The molecule has 1 unspecified atom stereocenters. The van der Waals surface area contributed by atoms with Gasteiger partial charge in [0.25, 0.3) is 0 Å². The van der Waals surface area contributed by atoms with E-state index in [9.17, 15) is 4.79 Å². The van der Waals surface area contributed by atoms with E-state index in [1.807, 2.05) is 42.5 Å². The topological polar surface area (TPSA) is 44.8 Å². The van der Waals surface area contributed by atoms with Gasteiger partial charge in [0.2, 0.25) is 0 Å². The van der Waals surface area contributed by atoms with Crippen LogP contribution >= 0.6 is 0 Å². The van der Waals surface area contributed by atoms with Crippen molar-refractivity contribution in [3.63, 3.8) is 0 Å². The lowest BCUT2D eigenvalue weighted by Crippen LogP contribution is -2.11. The number of hydrogen-bond acceptors (Lipinski definition) is 4. The summed E-state index contributed by atoms with van der Waals surface area (Å²) in [5.74, 6) is 1.78. The molecule has 0 saturated heterocycles. The minimum Gasteiger partial charge on any atom is -0.494 e. The highest BCUT2D eigenvalue weighted by molar-refractivity contribution is 5.91. The van der Waals surface area contributed by atoms with Gasteiger partial charge in [-0.05, 0) is 98.7 Å². The predicted octanol–water partition coefficient (Wildman–Crippen LogP) is 9.83. The first-order valence-electron chi connectivity index (χ1n) is 14.5. The molecule has 4 nitrogen and oxygen atoms in total. The Kier molecular flexibility index (Phi) is 13.2. The number of benzene rings is 3. The van der Waals surface area contributed by atoms with Gasteiger partial charge in [0.15, 0.2) is 0 Å². The van der Waals surface area contributed by atoms with Crippen molar-refractivity contribution in [3.05, 3.63) is 91.0 Å². The molecule has 1 atom stereocenters. The lowest BCUT2D eigenvalue weighted by Gasteiger charge is -2.15. The Morgan fingerprint density at radius 1 is 0.744 bits per heavy atom. The number of allylic oxidation sites excluding steroid dienone is 1. The van der Waals surface area contributed by atoms with Crippen LogP contribution in [-0.2, 0) is 0 Å². The molecule has 4 heteroatoms. The first kappa shape index (κ1) is 30.0. The molecule has 39 heavy (non-hydrogen) atoms. The van der Waals surface area contributed by atoms with Crippen molar-refractivity contribution < 1.29 is 19.0 Å². The van der Waals surface area contributed by atoms with Crippen LogP contribution in [0.15, 0.2) is 85.5 Å². The van der Waals surface area contributed by atoms with Crippen molar-refractivity contribution in [3.8, 4) is 28.4 Å². The zero-order chi connectivity index (χ0) is 27.7. The number of ether oxygens (including phenoxy) is 3. The second kappa shape index (κ2) is 17.1. The lowest BCUT2D eigenvalue weighted by molar-refractivity contribution is 0.0734. The molecule has 0 heterocycles. The minimum absolute atomic E-state index is 0.212. The van der Waals surface area contributed by atoms with Crippen LogP contribution in [-0.4, -0.2) is 18.7 Å². The van der Waals surface area contributed by atoms with E-state index in [1.54, 1.807) is 24.3 Å². The maximum absolute atomic E-state index is 12.6. The van der Waals surface area contributed by atoms with E-state index >= 15 is 0 Å². The molecule has 0 radical (unpaired) electrons. The molecule has 0 aromatic heterocycles. The number of carbonyl (C=O) groups excluding carboxylic acids is 1. The van der Waals surface area contributed by atoms with Crippen LogP contribution in [0.25, 0.3) is 11.1 Å². The standard InChI is InChI=1S/C35H44O4/c1-4-6-8-10-11-13-27-37-32-23-25-34(26-24-32)39-35(36)31-17-15-29(16-18-31)30-19-21-33(22-20-30)38-28(3)14-12-9-7-5-2/h4,15-26,28H,1,5-14,27H2,2-3H3. The molecular formula is C35H44O4. The number of hydrogen-bond donors (Lipinski definition) is 0. The molecule has 0 aliphatic rings. The Balaban J connectivity index is 1.43. The molecule has 3 aromatic carbocycles. The third kappa shape index (κ3) is 11.0.